The van der Waals surface area contributed by atoms with E-state index in [1.54, 1.807) is 24.3 Å². The Kier molecular flexibility index (Phi) is 3.65. The van der Waals surface area contributed by atoms with Crippen molar-refractivity contribution in [2.24, 2.45) is 5.73 Å². The Morgan fingerprint density at radius 1 is 1.29 bits per heavy atom. The Morgan fingerprint density at radius 3 is 2.90 bits per heavy atom. The molecule has 2 heterocycles. The molecule has 0 bridgehead atoms. The molecule has 1 amide bonds. The quantitative estimate of drug-likeness (QED) is 0.781. The third kappa shape index (κ3) is 2.92. The summed E-state index contributed by atoms with van der Waals surface area (Å²) in [6, 6.07) is 10.6. The lowest BCUT2D eigenvalue weighted by molar-refractivity contribution is 0.0995. The first kappa shape index (κ1) is 13.3. The fraction of sp³-hybridized carbons (Fsp3) is 0.0714. The topological polar surface area (TPSA) is 91.2 Å². The van der Waals surface area contributed by atoms with Crippen molar-refractivity contribution in [1.29, 1.82) is 0 Å². The second-order valence-corrected chi connectivity index (χ2v) is 5.09. The number of para-hydroxylation sites is 1. The lowest BCUT2D eigenvalue weighted by Crippen LogP contribution is -2.12. The Hall–Kier alpha value is -2.67. The number of rotatable bonds is 5. The summed E-state index contributed by atoms with van der Waals surface area (Å²) in [5.41, 5.74) is 5.60. The number of ether oxygens (including phenoxy) is 1. The Bertz CT molecular complexity index is 752. The van der Waals surface area contributed by atoms with Gasteiger partial charge in [-0.3, -0.25) is 4.79 Å². The molecule has 0 aliphatic heterocycles. The van der Waals surface area contributed by atoms with Crippen molar-refractivity contribution >= 4 is 17.2 Å². The van der Waals surface area contributed by atoms with E-state index in [2.05, 4.69) is 10.1 Å². The highest BCUT2D eigenvalue weighted by Crippen LogP contribution is 2.22. The van der Waals surface area contributed by atoms with Gasteiger partial charge in [0.2, 0.25) is 5.82 Å². The van der Waals surface area contributed by atoms with Crippen molar-refractivity contribution in [3.63, 3.8) is 0 Å². The summed E-state index contributed by atoms with van der Waals surface area (Å²) in [5.74, 6) is 0.695. The van der Waals surface area contributed by atoms with Crippen LogP contribution in [-0.2, 0) is 6.61 Å². The number of primary amides is 1. The van der Waals surface area contributed by atoms with Gasteiger partial charge in [-0.25, -0.2) is 0 Å². The minimum absolute atomic E-state index is 0.0721. The van der Waals surface area contributed by atoms with E-state index in [0.29, 0.717) is 23.0 Å². The standard InChI is InChI=1S/C14H11N3O3S/c15-13(18)9-4-1-2-5-10(9)19-8-12-16-14(17-20-12)11-6-3-7-21-11/h1-7H,8H2,(H2,15,18). The predicted molar refractivity (Wildman–Crippen MR) is 76.9 cm³/mol. The normalized spacial score (nSPS) is 10.5. The summed E-state index contributed by atoms with van der Waals surface area (Å²) in [6.07, 6.45) is 0. The molecule has 7 heteroatoms. The zero-order valence-corrected chi connectivity index (χ0v) is 11.7. The number of hydrogen-bond acceptors (Lipinski definition) is 6. The number of amides is 1. The van der Waals surface area contributed by atoms with E-state index in [9.17, 15) is 4.79 Å². The van der Waals surface area contributed by atoms with Crippen molar-refractivity contribution in [2.75, 3.05) is 0 Å². The Balaban J connectivity index is 1.73. The molecule has 6 nitrogen and oxygen atoms in total. The maximum Gasteiger partial charge on any atom is 0.264 e. The lowest BCUT2D eigenvalue weighted by Gasteiger charge is -2.06. The van der Waals surface area contributed by atoms with Gasteiger partial charge in [0.25, 0.3) is 11.8 Å². The van der Waals surface area contributed by atoms with Gasteiger partial charge in [0, 0.05) is 0 Å². The third-order valence-electron chi connectivity index (χ3n) is 2.71. The maximum atomic E-state index is 11.3. The molecule has 2 N–H and O–H groups in total. The van der Waals surface area contributed by atoms with Crippen LogP contribution in [0.5, 0.6) is 5.75 Å². The summed E-state index contributed by atoms with van der Waals surface area (Å²) < 4.78 is 10.6. The number of aromatic nitrogens is 2. The van der Waals surface area contributed by atoms with Crippen LogP contribution < -0.4 is 10.5 Å². The fourth-order valence-electron chi connectivity index (χ4n) is 1.75. The van der Waals surface area contributed by atoms with Crippen LogP contribution in [0.1, 0.15) is 16.2 Å². The summed E-state index contributed by atoms with van der Waals surface area (Å²) >= 11 is 1.52. The van der Waals surface area contributed by atoms with E-state index in [1.165, 1.54) is 11.3 Å². The number of nitrogens with two attached hydrogens (primary N) is 1. The fourth-order valence-corrected chi connectivity index (χ4v) is 2.40. The highest BCUT2D eigenvalue weighted by atomic mass is 32.1. The molecular weight excluding hydrogens is 290 g/mol. The van der Waals surface area contributed by atoms with Crippen LogP contribution >= 0.6 is 11.3 Å². The average molecular weight is 301 g/mol. The Morgan fingerprint density at radius 2 is 2.14 bits per heavy atom. The largest absolute Gasteiger partial charge is 0.483 e. The van der Waals surface area contributed by atoms with Crippen LogP contribution in [0.2, 0.25) is 0 Å². The molecule has 0 fully saturated rings. The first-order valence-corrected chi connectivity index (χ1v) is 7.00. The summed E-state index contributed by atoms with van der Waals surface area (Å²) in [6.45, 7) is 0.0721. The molecule has 0 atom stereocenters. The average Bonchev–Trinajstić information content (AvgIpc) is 3.16. The van der Waals surface area contributed by atoms with Gasteiger partial charge in [-0.15, -0.1) is 11.3 Å². The number of thiophene rings is 1. The molecule has 21 heavy (non-hydrogen) atoms. The third-order valence-corrected chi connectivity index (χ3v) is 3.58. The van der Waals surface area contributed by atoms with Crippen molar-refractivity contribution in [3.8, 4) is 16.5 Å². The molecule has 0 unspecified atom stereocenters. The molecule has 0 spiro atoms. The van der Waals surface area contributed by atoms with Gasteiger partial charge in [-0.2, -0.15) is 4.98 Å². The van der Waals surface area contributed by atoms with Gasteiger partial charge in [0.05, 0.1) is 10.4 Å². The minimum atomic E-state index is -0.546. The van der Waals surface area contributed by atoms with E-state index in [0.717, 1.165) is 4.88 Å². The van der Waals surface area contributed by atoms with Gasteiger partial charge >= 0.3 is 0 Å². The molecule has 3 rings (SSSR count). The number of hydrogen-bond donors (Lipinski definition) is 1. The second-order valence-electron chi connectivity index (χ2n) is 4.14. The second kappa shape index (κ2) is 5.76. The zero-order valence-electron chi connectivity index (χ0n) is 10.9. The van der Waals surface area contributed by atoms with Gasteiger partial charge < -0.3 is 15.0 Å². The molecular formula is C14H11N3O3S. The van der Waals surface area contributed by atoms with E-state index in [4.69, 9.17) is 15.0 Å². The van der Waals surface area contributed by atoms with Crippen molar-refractivity contribution in [1.82, 2.24) is 10.1 Å². The van der Waals surface area contributed by atoms with Gasteiger partial charge in [0.15, 0.2) is 6.61 Å². The lowest BCUT2D eigenvalue weighted by atomic mass is 10.2. The highest BCUT2D eigenvalue weighted by molar-refractivity contribution is 7.13. The number of carbonyl (C=O) groups is 1. The summed E-state index contributed by atoms with van der Waals surface area (Å²) in [5, 5.41) is 5.82. The van der Waals surface area contributed by atoms with Crippen LogP contribution in [-0.4, -0.2) is 16.0 Å². The van der Waals surface area contributed by atoms with Crippen molar-refractivity contribution < 1.29 is 14.1 Å². The molecule has 106 valence electrons. The number of nitrogens with zero attached hydrogens (tertiary/aromatic N) is 2. The predicted octanol–water partition coefficient (Wildman–Crippen LogP) is 2.48. The molecule has 0 aliphatic rings. The number of benzene rings is 1. The first-order valence-electron chi connectivity index (χ1n) is 6.12. The molecule has 3 aromatic rings. The molecule has 0 saturated carbocycles. The minimum Gasteiger partial charge on any atom is -0.483 e. The summed E-state index contributed by atoms with van der Waals surface area (Å²) in [4.78, 5) is 16.4. The van der Waals surface area contributed by atoms with Crippen LogP contribution in [0.3, 0.4) is 0 Å². The van der Waals surface area contributed by atoms with Crippen LogP contribution in [0.25, 0.3) is 10.7 Å². The van der Waals surface area contributed by atoms with Crippen molar-refractivity contribution in [3.05, 3.63) is 53.2 Å². The molecule has 1 aromatic carbocycles. The molecule has 2 aromatic heterocycles. The van der Waals surface area contributed by atoms with Crippen LogP contribution in [0, 0.1) is 0 Å². The Labute approximate surface area is 124 Å². The SMILES string of the molecule is NC(=O)c1ccccc1OCc1nc(-c2cccs2)no1. The van der Waals surface area contributed by atoms with E-state index in [1.807, 2.05) is 17.5 Å². The van der Waals surface area contributed by atoms with E-state index in [-0.39, 0.29) is 6.61 Å². The van der Waals surface area contributed by atoms with Crippen LogP contribution in [0.4, 0.5) is 0 Å². The molecule has 0 saturated heterocycles. The van der Waals surface area contributed by atoms with E-state index >= 15 is 0 Å². The smallest absolute Gasteiger partial charge is 0.264 e. The van der Waals surface area contributed by atoms with E-state index < -0.39 is 5.91 Å². The van der Waals surface area contributed by atoms with Crippen molar-refractivity contribution in [2.45, 2.75) is 6.61 Å². The van der Waals surface area contributed by atoms with Gasteiger partial charge in [0.1, 0.15) is 5.75 Å². The molecule has 0 aliphatic carbocycles. The monoisotopic (exact) mass is 301 g/mol. The first-order chi connectivity index (χ1) is 10.2. The zero-order chi connectivity index (χ0) is 14.7. The molecule has 0 radical (unpaired) electrons. The summed E-state index contributed by atoms with van der Waals surface area (Å²) in [7, 11) is 0. The van der Waals surface area contributed by atoms with Gasteiger partial charge in [-0.05, 0) is 23.6 Å². The van der Waals surface area contributed by atoms with Crippen LogP contribution in [0.15, 0.2) is 46.3 Å². The maximum absolute atomic E-state index is 11.3. The van der Waals surface area contributed by atoms with Gasteiger partial charge in [-0.1, -0.05) is 23.4 Å². The highest BCUT2D eigenvalue weighted by Gasteiger charge is 2.12. The number of carbonyl (C=O) groups excluding carboxylic acids is 1.